The van der Waals surface area contributed by atoms with Crippen molar-refractivity contribution in [1.82, 2.24) is 9.55 Å². The number of benzene rings is 2. The molecule has 4 aromatic rings. The lowest BCUT2D eigenvalue weighted by Crippen LogP contribution is -2.31. The maximum absolute atomic E-state index is 15.0. The molecule has 36 heavy (non-hydrogen) atoms. The molecule has 2 aromatic carbocycles. The Kier molecular flexibility index (Phi) is 5.74. The van der Waals surface area contributed by atoms with Crippen LogP contribution in [0.4, 0.5) is 13.2 Å². The highest BCUT2D eigenvalue weighted by Gasteiger charge is 2.45. The Hall–Kier alpha value is -4.20. The fourth-order valence-corrected chi connectivity index (χ4v) is 4.87. The van der Waals surface area contributed by atoms with Crippen LogP contribution in [-0.2, 0) is 12.1 Å². The van der Waals surface area contributed by atoms with Gasteiger partial charge in [0.15, 0.2) is 0 Å². The number of alkyl halides is 2. The molecule has 0 saturated heterocycles. The maximum Gasteiger partial charge on any atom is 0.269 e. The summed E-state index contributed by atoms with van der Waals surface area (Å²) in [5, 5.41) is 0. The van der Waals surface area contributed by atoms with Gasteiger partial charge in [0.25, 0.3) is 12.0 Å². The number of hydrogen-bond donors (Lipinski definition) is 1. The molecule has 0 spiro atoms. The average Bonchev–Trinajstić information content (AvgIpc) is 3.18. The highest BCUT2D eigenvalue weighted by molar-refractivity contribution is 6.03. The normalized spacial score (nSPS) is 16.8. The van der Waals surface area contributed by atoms with Crippen LogP contribution >= 0.6 is 0 Å². The van der Waals surface area contributed by atoms with Gasteiger partial charge in [0.1, 0.15) is 17.2 Å². The fraction of sp³-hybridized carbons (Fsp3) is 0.179. The summed E-state index contributed by atoms with van der Waals surface area (Å²) in [5.41, 5.74) is 7.45. The summed E-state index contributed by atoms with van der Waals surface area (Å²) >= 11 is 0. The van der Waals surface area contributed by atoms with Gasteiger partial charge in [-0.3, -0.25) is 9.78 Å². The first kappa shape index (κ1) is 23.5. The number of nitrogens with two attached hydrogens (primary N) is 1. The number of aromatic nitrogens is 2. The van der Waals surface area contributed by atoms with Gasteiger partial charge in [-0.05, 0) is 54.8 Å². The van der Waals surface area contributed by atoms with E-state index in [0.717, 1.165) is 22.8 Å². The molecule has 1 aliphatic rings. The van der Waals surface area contributed by atoms with Crippen LogP contribution in [0, 0.1) is 12.7 Å². The predicted octanol–water partition coefficient (Wildman–Crippen LogP) is 5.33. The SMILES string of the molecule is CCn1cc(C2(c3cccc(-c4cncc(C)c4)c3)N=C(N)c3c(F)cccc32)cc(C(F)F)c1=O. The minimum atomic E-state index is -2.99. The molecule has 0 fully saturated rings. The Bertz CT molecular complexity index is 1580. The molecule has 2 aromatic heterocycles. The molecule has 1 atom stereocenters. The Balaban J connectivity index is 1.86. The molecule has 5 nitrogen and oxygen atoms in total. The Morgan fingerprint density at radius 2 is 1.81 bits per heavy atom. The van der Waals surface area contributed by atoms with Crippen molar-refractivity contribution in [1.29, 1.82) is 0 Å². The van der Waals surface area contributed by atoms with E-state index in [1.54, 1.807) is 31.5 Å². The molecule has 2 N–H and O–H groups in total. The van der Waals surface area contributed by atoms with E-state index in [1.165, 1.54) is 22.9 Å². The lowest BCUT2D eigenvalue weighted by Gasteiger charge is -2.30. The van der Waals surface area contributed by atoms with Crippen molar-refractivity contribution in [2.24, 2.45) is 10.7 Å². The quantitative estimate of drug-likeness (QED) is 0.413. The number of aliphatic imine (C=N–C) groups is 1. The second kappa shape index (κ2) is 8.78. The molecule has 5 rings (SSSR count). The van der Waals surface area contributed by atoms with Crippen molar-refractivity contribution >= 4 is 5.84 Å². The van der Waals surface area contributed by atoms with E-state index in [4.69, 9.17) is 10.7 Å². The molecule has 1 unspecified atom stereocenters. The number of aryl methyl sites for hydroxylation is 2. The van der Waals surface area contributed by atoms with Gasteiger partial charge in [-0.25, -0.2) is 18.2 Å². The molecule has 0 aliphatic carbocycles. The summed E-state index contributed by atoms with van der Waals surface area (Å²) in [4.78, 5) is 21.6. The van der Waals surface area contributed by atoms with Crippen LogP contribution in [0.2, 0.25) is 0 Å². The van der Waals surface area contributed by atoms with Gasteiger partial charge in [0, 0.05) is 41.8 Å². The Morgan fingerprint density at radius 1 is 1.03 bits per heavy atom. The Morgan fingerprint density at radius 3 is 2.53 bits per heavy atom. The summed E-state index contributed by atoms with van der Waals surface area (Å²) in [6.45, 7) is 3.80. The van der Waals surface area contributed by atoms with Gasteiger partial charge in [0.05, 0.1) is 11.1 Å². The minimum absolute atomic E-state index is 0.0430. The first-order valence-electron chi connectivity index (χ1n) is 11.5. The van der Waals surface area contributed by atoms with Crippen molar-refractivity contribution in [3.63, 3.8) is 0 Å². The van der Waals surface area contributed by atoms with Crippen LogP contribution < -0.4 is 11.3 Å². The lowest BCUT2D eigenvalue weighted by atomic mass is 9.77. The van der Waals surface area contributed by atoms with Crippen LogP contribution in [0.15, 0.2) is 83.0 Å². The second-order valence-corrected chi connectivity index (χ2v) is 8.78. The molecule has 182 valence electrons. The van der Waals surface area contributed by atoms with Gasteiger partial charge in [-0.15, -0.1) is 0 Å². The smallest absolute Gasteiger partial charge is 0.269 e. The minimum Gasteiger partial charge on any atom is -0.383 e. The van der Waals surface area contributed by atoms with Gasteiger partial charge >= 0.3 is 0 Å². The second-order valence-electron chi connectivity index (χ2n) is 8.78. The molecular formula is C28H23F3N4O. The average molecular weight is 489 g/mol. The van der Waals surface area contributed by atoms with E-state index in [-0.39, 0.29) is 17.9 Å². The Labute approximate surface area is 205 Å². The highest BCUT2D eigenvalue weighted by atomic mass is 19.3. The van der Waals surface area contributed by atoms with Crippen molar-refractivity contribution in [3.05, 3.63) is 123 Å². The van der Waals surface area contributed by atoms with Gasteiger partial charge in [-0.1, -0.05) is 30.3 Å². The van der Waals surface area contributed by atoms with E-state index in [1.807, 2.05) is 31.2 Å². The molecule has 0 amide bonds. The number of hydrogen-bond acceptors (Lipinski definition) is 4. The predicted molar refractivity (Wildman–Crippen MR) is 133 cm³/mol. The first-order valence-corrected chi connectivity index (χ1v) is 11.5. The summed E-state index contributed by atoms with van der Waals surface area (Å²) < 4.78 is 44.1. The number of nitrogens with zero attached hydrogens (tertiary/aromatic N) is 3. The maximum atomic E-state index is 15.0. The van der Waals surface area contributed by atoms with Gasteiger partial charge < -0.3 is 10.3 Å². The van der Waals surface area contributed by atoms with Crippen molar-refractivity contribution in [3.8, 4) is 11.1 Å². The van der Waals surface area contributed by atoms with Gasteiger partial charge in [0.2, 0.25) is 0 Å². The first-order chi connectivity index (χ1) is 17.3. The molecule has 0 radical (unpaired) electrons. The van der Waals surface area contributed by atoms with Crippen molar-refractivity contribution in [2.75, 3.05) is 0 Å². The molecule has 0 saturated carbocycles. The largest absolute Gasteiger partial charge is 0.383 e. The third-order valence-corrected chi connectivity index (χ3v) is 6.54. The number of pyridine rings is 2. The zero-order valence-electron chi connectivity index (χ0n) is 19.7. The summed E-state index contributed by atoms with van der Waals surface area (Å²) in [5.74, 6) is -0.605. The van der Waals surface area contributed by atoms with E-state index < -0.39 is 28.9 Å². The zero-order valence-corrected chi connectivity index (χ0v) is 19.7. The standard InChI is InChI=1S/C28H23F3N4O/c1-3-35-15-20(12-21(25(30)31)27(35)36)28(22-8-5-9-23(29)24(22)26(32)34-28)19-7-4-6-17(11-19)18-10-16(2)13-33-14-18/h4-15,25H,3H2,1-2H3,(H2,32,34). The van der Waals surface area contributed by atoms with E-state index in [2.05, 4.69) is 4.98 Å². The van der Waals surface area contributed by atoms with Crippen LogP contribution in [0.3, 0.4) is 0 Å². The lowest BCUT2D eigenvalue weighted by molar-refractivity contribution is 0.148. The van der Waals surface area contributed by atoms with Crippen molar-refractivity contribution in [2.45, 2.75) is 32.4 Å². The van der Waals surface area contributed by atoms with Crippen LogP contribution in [0.25, 0.3) is 11.1 Å². The van der Waals surface area contributed by atoms with Crippen LogP contribution in [0.5, 0.6) is 0 Å². The number of halogens is 3. The van der Waals surface area contributed by atoms with Crippen molar-refractivity contribution < 1.29 is 13.2 Å². The molecule has 1 aliphatic heterocycles. The van der Waals surface area contributed by atoms with E-state index in [0.29, 0.717) is 16.7 Å². The molecule has 0 bridgehead atoms. The third-order valence-electron chi connectivity index (χ3n) is 6.54. The summed E-state index contributed by atoms with van der Waals surface area (Å²) in [6, 6.07) is 15.0. The summed E-state index contributed by atoms with van der Waals surface area (Å²) in [6.07, 6.45) is 1.98. The number of fused-ring (bicyclic) bond motifs is 1. The highest BCUT2D eigenvalue weighted by Crippen LogP contribution is 2.47. The van der Waals surface area contributed by atoms with E-state index >= 15 is 0 Å². The van der Waals surface area contributed by atoms with Crippen LogP contribution in [-0.4, -0.2) is 15.4 Å². The third kappa shape index (κ3) is 3.61. The number of rotatable bonds is 5. The topological polar surface area (TPSA) is 73.3 Å². The van der Waals surface area contributed by atoms with Crippen LogP contribution in [0.1, 0.15) is 46.7 Å². The molecule has 3 heterocycles. The van der Waals surface area contributed by atoms with Gasteiger partial charge in [-0.2, -0.15) is 0 Å². The zero-order chi connectivity index (χ0) is 25.6. The summed E-state index contributed by atoms with van der Waals surface area (Å²) in [7, 11) is 0. The monoisotopic (exact) mass is 488 g/mol. The molecular weight excluding hydrogens is 465 g/mol. The fourth-order valence-electron chi connectivity index (χ4n) is 4.87. The molecule has 8 heteroatoms. The van der Waals surface area contributed by atoms with E-state index in [9.17, 15) is 18.0 Å². The number of amidine groups is 1.